The number of carbonyl (C=O) groups is 1. The van der Waals surface area contributed by atoms with Crippen LogP contribution in [0.3, 0.4) is 0 Å². The Kier molecular flexibility index (Phi) is 11.0. The Morgan fingerprint density at radius 2 is 1.55 bits per heavy atom. The Morgan fingerprint density at radius 1 is 0.909 bits per heavy atom. The molecule has 0 saturated carbocycles. The highest BCUT2D eigenvalue weighted by atomic mass is 16.5. The van der Waals surface area contributed by atoms with E-state index < -0.39 is 0 Å². The number of rotatable bonds is 12. The molecule has 0 bridgehead atoms. The van der Waals surface area contributed by atoms with Gasteiger partial charge in [0.25, 0.3) is 0 Å². The van der Waals surface area contributed by atoms with Crippen LogP contribution in [-0.4, -0.2) is 5.97 Å². The Bertz CT molecular complexity index is 409. The molecule has 0 aliphatic carbocycles. The van der Waals surface area contributed by atoms with Gasteiger partial charge in [0.2, 0.25) is 0 Å². The fourth-order valence-corrected chi connectivity index (χ4v) is 2.33. The molecule has 0 radical (unpaired) electrons. The van der Waals surface area contributed by atoms with Crippen molar-refractivity contribution in [2.45, 2.75) is 71.1 Å². The molecule has 0 aliphatic heterocycles. The van der Waals surface area contributed by atoms with Gasteiger partial charge in [-0.2, -0.15) is 0 Å². The largest absolute Gasteiger partial charge is 0.427 e. The Morgan fingerprint density at radius 3 is 2.27 bits per heavy atom. The summed E-state index contributed by atoms with van der Waals surface area (Å²) < 4.78 is 5.23. The van der Waals surface area contributed by atoms with Crippen LogP contribution >= 0.6 is 0 Å². The molecular formula is C20H30O2. The lowest BCUT2D eigenvalue weighted by atomic mass is 10.1. The van der Waals surface area contributed by atoms with Crippen molar-refractivity contribution in [1.82, 2.24) is 0 Å². The van der Waals surface area contributed by atoms with E-state index in [4.69, 9.17) is 4.74 Å². The number of unbranched alkanes of at least 4 members (excludes halogenated alkanes) is 7. The zero-order chi connectivity index (χ0) is 15.9. The molecule has 0 atom stereocenters. The fourth-order valence-electron chi connectivity index (χ4n) is 2.33. The lowest BCUT2D eigenvalue weighted by Crippen LogP contribution is -2.06. The van der Waals surface area contributed by atoms with E-state index in [-0.39, 0.29) is 5.97 Å². The van der Waals surface area contributed by atoms with Crippen LogP contribution in [0.4, 0.5) is 0 Å². The van der Waals surface area contributed by atoms with E-state index in [1.54, 1.807) is 12.1 Å². The van der Waals surface area contributed by atoms with Crippen molar-refractivity contribution >= 4 is 5.97 Å². The van der Waals surface area contributed by atoms with Crippen molar-refractivity contribution < 1.29 is 9.53 Å². The SMILES string of the molecule is CCCCCCCCC/C=C/CCC(=O)Oc1ccccc1. The molecule has 122 valence electrons. The highest BCUT2D eigenvalue weighted by molar-refractivity contribution is 5.72. The summed E-state index contributed by atoms with van der Waals surface area (Å²) in [6, 6.07) is 9.24. The maximum atomic E-state index is 11.6. The van der Waals surface area contributed by atoms with Gasteiger partial charge in [-0.15, -0.1) is 0 Å². The lowest BCUT2D eigenvalue weighted by Gasteiger charge is -2.02. The average Bonchev–Trinajstić information content (AvgIpc) is 2.53. The molecular weight excluding hydrogens is 272 g/mol. The molecule has 0 saturated heterocycles. The number of benzene rings is 1. The first-order valence-electron chi connectivity index (χ1n) is 8.73. The molecule has 0 spiro atoms. The second-order valence-electron chi connectivity index (χ2n) is 5.71. The quantitative estimate of drug-likeness (QED) is 0.203. The van der Waals surface area contributed by atoms with Crippen LogP contribution in [0.15, 0.2) is 42.5 Å². The van der Waals surface area contributed by atoms with Crippen LogP contribution in [0.5, 0.6) is 5.75 Å². The van der Waals surface area contributed by atoms with E-state index in [0.717, 1.165) is 12.8 Å². The minimum Gasteiger partial charge on any atom is -0.427 e. The average molecular weight is 302 g/mol. The summed E-state index contributed by atoms with van der Waals surface area (Å²) in [5.41, 5.74) is 0. The third-order valence-corrected chi connectivity index (χ3v) is 3.63. The van der Waals surface area contributed by atoms with Crippen molar-refractivity contribution in [2.75, 3.05) is 0 Å². The van der Waals surface area contributed by atoms with Crippen LogP contribution in [0.2, 0.25) is 0 Å². The van der Waals surface area contributed by atoms with Crippen molar-refractivity contribution in [3.8, 4) is 5.75 Å². The molecule has 1 rings (SSSR count). The van der Waals surface area contributed by atoms with E-state index in [1.165, 1.54) is 44.9 Å². The summed E-state index contributed by atoms with van der Waals surface area (Å²) in [4.78, 5) is 11.6. The first kappa shape index (κ1) is 18.5. The highest BCUT2D eigenvalue weighted by Gasteiger charge is 2.02. The molecule has 2 nitrogen and oxygen atoms in total. The van der Waals surface area contributed by atoms with Gasteiger partial charge in [0.15, 0.2) is 0 Å². The van der Waals surface area contributed by atoms with Gasteiger partial charge in [0.1, 0.15) is 5.75 Å². The Hall–Kier alpha value is -1.57. The maximum absolute atomic E-state index is 11.6. The number of hydrogen-bond donors (Lipinski definition) is 0. The minimum absolute atomic E-state index is 0.160. The van der Waals surface area contributed by atoms with E-state index in [0.29, 0.717) is 12.2 Å². The Labute approximate surface area is 135 Å². The minimum atomic E-state index is -0.160. The monoisotopic (exact) mass is 302 g/mol. The van der Waals surface area contributed by atoms with Crippen molar-refractivity contribution in [1.29, 1.82) is 0 Å². The molecule has 0 N–H and O–H groups in total. The third-order valence-electron chi connectivity index (χ3n) is 3.63. The number of ether oxygens (including phenoxy) is 1. The van der Waals surface area contributed by atoms with Crippen molar-refractivity contribution in [3.05, 3.63) is 42.5 Å². The Balaban J connectivity index is 1.94. The van der Waals surface area contributed by atoms with Crippen LogP contribution in [0.1, 0.15) is 71.1 Å². The molecule has 22 heavy (non-hydrogen) atoms. The molecule has 0 aromatic heterocycles. The van der Waals surface area contributed by atoms with Crippen LogP contribution in [0.25, 0.3) is 0 Å². The lowest BCUT2D eigenvalue weighted by molar-refractivity contribution is -0.134. The van der Waals surface area contributed by atoms with Crippen molar-refractivity contribution in [3.63, 3.8) is 0 Å². The summed E-state index contributed by atoms with van der Waals surface area (Å²) >= 11 is 0. The molecule has 0 fully saturated rings. The zero-order valence-electron chi connectivity index (χ0n) is 13.9. The van der Waals surface area contributed by atoms with Crippen LogP contribution in [0, 0.1) is 0 Å². The van der Waals surface area contributed by atoms with Gasteiger partial charge in [-0.3, -0.25) is 4.79 Å². The highest BCUT2D eigenvalue weighted by Crippen LogP contribution is 2.11. The second-order valence-corrected chi connectivity index (χ2v) is 5.71. The first-order valence-corrected chi connectivity index (χ1v) is 8.73. The van der Waals surface area contributed by atoms with E-state index in [1.807, 2.05) is 18.2 Å². The van der Waals surface area contributed by atoms with Gasteiger partial charge in [0, 0.05) is 6.42 Å². The van der Waals surface area contributed by atoms with Gasteiger partial charge in [-0.1, -0.05) is 75.8 Å². The van der Waals surface area contributed by atoms with E-state index >= 15 is 0 Å². The first-order chi connectivity index (χ1) is 10.8. The van der Waals surface area contributed by atoms with Crippen molar-refractivity contribution in [2.24, 2.45) is 0 Å². The number of esters is 1. The van der Waals surface area contributed by atoms with Gasteiger partial charge >= 0.3 is 5.97 Å². The number of carbonyl (C=O) groups excluding carboxylic acids is 1. The predicted octanol–water partition coefficient (Wildman–Crippen LogP) is 6.07. The summed E-state index contributed by atoms with van der Waals surface area (Å²) in [6.07, 6.45) is 16.0. The van der Waals surface area contributed by atoms with Gasteiger partial charge in [0.05, 0.1) is 0 Å². The number of para-hydroxylation sites is 1. The summed E-state index contributed by atoms with van der Waals surface area (Å²) in [7, 11) is 0. The number of hydrogen-bond acceptors (Lipinski definition) is 2. The predicted molar refractivity (Wildman–Crippen MR) is 93.1 cm³/mol. The van der Waals surface area contributed by atoms with Crippen LogP contribution < -0.4 is 4.74 Å². The van der Waals surface area contributed by atoms with Gasteiger partial charge in [-0.05, 0) is 31.4 Å². The molecule has 0 aliphatic rings. The topological polar surface area (TPSA) is 26.3 Å². The molecule has 0 unspecified atom stereocenters. The van der Waals surface area contributed by atoms with E-state index in [2.05, 4.69) is 19.1 Å². The standard InChI is InChI=1S/C20H30O2/c1-2-3-4-5-6-7-8-9-10-11-15-18-20(21)22-19-16-13-12-14-17-19/h10-14,16-17H,2-9,15,18H2,1H3/b11-10+. The normalized spacial score (nSPS) is 11.0. The van der Waals surface area contributed by atoms with Gasteiger partial charge in [-0.25, -0.2) is 0 Å². The molecule has 0 amide bonds. The maximum Gasteiger partial charge on any atom is 0.311 e. The summed E-state index contributed by atoms with van der Waals surface area (Å²) in [5, 5.41) is 0. The summed E-state index contributed by atoms with van der Waals surface area (Å²) in [5.74, 6) is 0.464. The molecule has 0 heterocycles. The third kappa shape index (κ3) is 10.2. The smallest absolute Gasteiger partial charge is 0.311 e. The zero-order valence-corrected chi connectivity index (χ0v) is 13.9. The van der Waals surface area contributed by atoms with E-state index in [9.17, 15) is 4.79 Å². The molecule has 2 heteroatoms. The number of allylic oxidation sites excluding steroid dienone is 2. The van der Waals surface area contributed by atoms with Gasteiger partial charge < -0.3 is 4.74 Å². The fraction of sp³-hybridized carbons (Fsp3) is 0.550. The molecule has 1 aromatic carbocycles. The summed E-state index contributed by atoms with van der Waals surface area (Å²) in [6.45, 7) is 2.25. The second kappa shape index (κ2) is 13.1. The molecule has 1 aromatic rings. The van der Waals surface area contributed by atoms with Crippen LogP contribution in [-0.2, 0) is 4.79 Å².